The maximum Gasteiger partial charge on any atom is 0.417 e. The molecule has 1 N–H and O–H groups in total. The number of benzene rings is 1. The first-order chi connectivity index (χ1) is 9.88. The van der Waals surface area contributed by atoms with Crippen molar-refractivity contribution in [1.82, 2.24) is 4.57 Å². The van der Waals surface area contributed by atoms with Gasteiger partial charge in [0.2, 0.25) is 0 Å². The van der Waals surface area contributed by atoms with Gasteiger partial charge in [0.15, 0.2) is 0 Å². The molecule has 7 heteroatoms. The minimum atomic E-state index is -4.47. The largest absolute Gasteiger partial charge is 0.417 e. The summed E-state index contributed by atoms with van der Waals surface area (Å²) >= 11 is 5.94. The van der Waals surface area contributed by atoms with Crippen molar-refractivity contribution in [1.29, 1.82) is 0 Å². The number of nitrogens with zero attached hydrogens (tertiary/aromatic N) is 1. The summed E-state index contributed by atoms with van der Waals surface area (Å²) in [6.07, 6.45) is -3.65. The van der Waals surface area contributed by atoms with Gasteiger partial charge in [0.1, 0.15) is 0 Å². The molecule has 0 amide bonds. The Morgan fingerprint density at radius 3 is 2.52 bits per heavy atom. The summed E-state index contributed by atoms with van der Waals surface area (Å²) in [4.78, 5) is 11.5. The lowest BCUT2D eigenvalue weighted by atomic mass is 10.2. The molecule has 21 heavy (non-hydrogen) atoms. The van der Waals surface area contributed by atoms with Crippen LogP contribution in [0.2, 0.25) is 5.02 Å². The summed E-state index contributed by atoms with van der Waals surface area (Å²) in [5.74, 6) is 0. The summed E-state index contributed by atoms with van der Waals surface area (Å²) in [6, 6.07) is 8.69. The van der Waals surface area contributed by atoms with E-state index in [0.717, 1.165) is 22.9 Å². The van der Waals surface area contributed by atoms with Gasteiger partial charge in [-0.3, -0.25) is 4.79 Å². The predicted octanol–water partition coefficient (Wildman–Crippen LogP) is 3.63. The summed E-state index contributed by atoms with van der Waals surface area (Å²) < 4.78 is 38.8. The number of alkyl halides is 3. The fourth-order valence-corrected chi connectivity index (χ4v) is 1.99. The number of aromatic nitrogens is 1. The second kappa shape index (κ2) is 6.22. The summed E-state index contributed by atoms with van der Waals surface area (Å²) in [6.45, 7) is 0.388. The van der Waals surface area contributed by atoms with E-state index in [4.69, 9.17) is 11.6 Å². The molecule has 0 saturated carbocycles. The Balaban J connectivity index is 2.07. The number of rotatable bonds is 4. The van der Waals surface area contributed by atoms with Crippen molar-refractivity contribution in [2.75, 3.05) is 11.9 Å². The van der Waals surface area contributed by atoms with Gasteiger partial charge < -0.3 is 9.88 Å². The van der Waals surface area contributed by atoms with Gasteiger partial charge in [0.05, 0.1) is 16.3 Å². The second-order valence-corrected chi connectivity index (χ2v) is 4.76. The number of para-hydroxylation sites is 1. The zero-order valence-corrected chi connectivity index (χ0v) is 11.6. The van der Waals surface area contributed by atoms with Crippen molar-refractivity contribution < 1.29 is 13.2 Å². The minimum Gasteiger partial charge on any atom is -0.382 e. The number of pyridine rings is 1. The van der Waals surface area contributed by atoms with E-state index in [1.165, 1.54) is 0 Å². The fraction of sp³-hybridized carbons (Fsp3) is 0.214. The van der Waals surface area contributed by atoms with Gasteiger partial charge in [-0.1, -0.05) is 23.7 Å². The normalized spacial score (nSPS) is 11.4. The number of hydrogen-bond acceptors (Lipinski definition) is 2. The van der Waals surface area contributed by atoms with Gasteiger partial charge >= 0.3 is 6.18 Å². The third kappa shape index (κ3) is 4.01. The van der Waals surface area contributed by atoms with Gasteiger partial charge in [0, 0.05) is 25.4 Å². The molecule has 0 radical (unpaired) electrons. The molecule has 0 bridgehead atoms. The molecule has 0 fully saturated rings. The van der Waals surface area contributed by atoms with E-state index in [-0.39, 0.29) is 13.1 Å². The molecule has 0 unspecified atom stereocenters. The van der Waals surface area contributed by atoms with E-state index >= 15 is 0 Å². The molecule has 0 saturated heterocycles. The number of hydrogen-bond donors (Lipinski definition) is 1. The smallest absolute Gasteiger partial charge is 0.382 e. The Bertz CT molecular complexity index is 682. The molecule has 0 aliphatic heterocycles. The van der Waals surface area contributed by atoms with Gasteiger partial charge in [-0.25, -0.2) is 0 Å². The van der Waals surface area contributed by atoms with Crippen molar-refractivity contribution in [3.63, 3.8) is 0 Å². The Hall–Kier alpha value is -1.95. The van der Waals surface area contributed by atoms with E-state index in [0.29, 0.717) is 10.7 Å². The SMILES string of the molecule is O=c1ccc(C(F)(F)F)cn1CCNc1ccccc1Cl. The third-order valence-electron chi connectivity index (χ3n) is 2.85. The van der Waals surface area contributed by atoms with Crippen molar-refractivity contribution in [2.24, 2.45) is 0 Å². The molecule has 112 valence electrons. The van der Waals surface area contributed by atoms with Crippen LogP contribution in [0, 0.1) is 0 Å². The van der Waals surface area contributed by atoms with Crippen LogP contribution in [-0.4, -0.2) is 11.1 Å². The van der Waals surface area contributed by atoms with Crippen LogP contribution in [0.5, 0.6) is 0 Å². The number of halogens is 4. The molecule has 0 aliphatic rings. The van der Waals surface area contributed by atoms with Crippen molar-refractivity contribution >= 4 is 17.3 Å². The highest BCUT2D eigenvalue weighted by Crippen LogP contribution is 2.28. The first kappa shape index (κ1) is 15.4. The standard InChI is InChI=1S/C14H12ClF3N2O/c15-11-3-1-2-4-12(11)19-7-8-20-9-10(14(16,17)18)5-6-13(20)21/h1-6,9,19H,7-8H2. The van der Waals surface area contributed by atoms with Crippen LogP contribution in [0.1, 0.15) is 5.56 Å². The lowest BCUT2D eigenvalue weighted by Crippen LogP contribution is -2.24. The van der Waals surface area contributed by atoms with Crippen LogP contribution in [0.25, 0.3) is 0 Å². The monoisotopic (exact) mass is 316 g/mol. The van der Waals surface area contributed by atoms with E-state index in [1.54, 1.807) is 24.3 Å². The predicted molar refractivity (Wildman–Crippen MR) is 75.6 cm³/mol. The molecular weight excluding hydrogens is 305 g/mol. The minimum absolute atomic E-state index is 0.105. The highest BCUT2D eigenvalue weighted by molar-refractivity contribution is 6.33. The summed E-state index contributed by atoms with van der Waals surface area (Å²) in [7, 11) is 0. The van der Waals surface area contributed by atoms with Crippen molar-refractivity contribution in [3.8, 4) is 0 Å². The van der Waals surface area contributed by atoms with Crippen LogP contribution in [-0.2, 0) is 12.7 Å². The van der Waals surface area contributed by atoms with Gasteiger partial charge in [-0.15, -0.1) is 0 Å². The Morgan fingerprint density at radius 2 is 1.86 bits per heavy atom. The number of nitrogens with one attached hydrogen (secondary N) is 1. The first-order valence-corrected chi connectivity index (χ1v) is 6.52. The maximum absolute atomic E-state index is 12.6. The molecule has 1 heterocycles. The van der Waals surface area contributed by atoms with Crippen molar-refractivity contribution in [2.45, 2.75) is 12.7 Å². The van der Waals surface area contributed by atoms with Crippen LogP contribution in [0.4, 0.5) is 18.9 Å². The molecule has 1 aromatic carbocycles. The van der Waals surface area contributed by atoms with Gasteiger partial charge in [-0.2, -0.15) is 13.2 Å². The fourth-order valence-electron chi connectivity index (χ4n) is 1.79. The topological polar surface area (TPSA) is 34.0 Å². The van der Waals surface area contributed by atoms with E-state index < -0.39 is 17.3 Å². The van der Waals surface area contributed by atoms with Crippen LogP contribution >= 0.6 is 11.6 Å². The Kier molecular flexibility index (Phi) is 4.57. The van der Waals surface area contributed by atoms with Gasteiger partial charge in [0.25, 0.3) is 5.56 Å². The zero-order valence-electron chi connectivity index (χ0n) is 10.8. The molecule has 2 aromatic rings. The van der Waals surface area contributed by atoms with E-state index in [1.807, 2.05) is 0 Å². The second-order valence-electron chi connectivity index (χ2n) is 4.35. The molecule has 3 nitrogen and oxygen atoms in total. The quantitative estimate of drug-likeness (QED) is 0.934. The molecule has 0 spiro atoms. The Morgan fingerprint density at radius 1 is 1.14 bits per heavy atom. The van der Waals surface area contributed by atoms with E-state index in [9.17, 15) is 18.0 Å². The lowest BCUT2D eigenvalue weighted by molar-refractivity contribution is -0.138. The highest BCUT2D eigenvalue weighted by Gasteiger charge is 2.30. The maximum atomic E-state index is 12.6. The molecular formula is C14H12ClF3N2O. The highest BCUT2D eigenvalue weighted by atomic mass is 35.5. The summed E-state index contributed by atoms with van der Waals surface area (Å²) in [5.41, 5.74) is -0.664. The molecule has 0 aliphatic carbocycles. The molecule has 0 atom stereocenters. The van der Waals surface area contributed by atoms with Crippen LogP contribution in [0.3, 0.4) is 0 Å². The third-order valence-corrected chi connectivity index (χ3v) is 3.18. The van der Waals surface area contributed by atoms with Crippen LogP contribution in [0.15, 0.2) is 47.4 Å². The average Bonchev–Trinajstić information content (AvgIpc) is 2.41. The lowest BCUT2D eigenvalue weighted by Gasteiger charge is -2.12. The average molecular weight is 317 g/mol. The number of anilines is 1. The Labute approximate surface area is 124 Å². The zero-order chi connectivity index (χ0) is 15.5. The van der Waals surface area contributed by atoms with Gasteiger partial charge in [-0.05, 0) is 18.2 Å². The van der Waals surface area contributed by atoms with Crippen LogP contribution < -0.4 is 10.9 Å². The summed E-state index contributed by atoms with van der Waals surface area (Å²) in [5, 5.41) is 3.48. The first-order valence-electron chi connectivity index (χ1n) is 6.14. The van der Waals surface area contributed by atoms with Crippen molar-refractivity contribution in [3.05, 3.63) is 63.5 Å². The van der Waals surface area contributed by atoms with E-state index in [2.05, 4.69) is 5.32 Å². The molecule has 2 rings (SSSR count). The molecule has 1 aromatic heterocycles.